The lowest BCUT2D eigenvalue weighted by Gasteiger charge is -2.49. The minimum Gasteiger partial charge on any atom is -0.504 e. The van der Waals surface area contributed by atoms with Crippen molar-refractivity contribution in [2.75, 3.05) is 18.2 Å². The highest BCUT2D eigenvalue weighted by molar-refractivity contribution is 9.09. The minimum atomic E-state index is -1.17. The lowest BCUT2D eigenvalue weighted by atomic mass is 10.0. The third-order valence-electron chi connectivity index (χ3n) is 3.24. The summed E-state index contributed by atoms with van der Waals surface area (Å²) in [5.41, 5.74) is 0.460. The quantitative estimate of drug-likeness (QED) is 0.393. The Bertz CT molecular complexity index is 563. The van der Waals surface area contributed by atoms with Crippen LogP contribution in [-0.2, 0) is 19.1 Å². The zero-order valence-corrected chi connectivity index (χ0v) is 14.1. The van der Waals surface area contributed by atoms with Crippen LogP contribution >= 0.6 is 27.7 Å². The van der Waals surface area contributed by atoms with Crippen LogP contribution < -0.4 is 5.32 Å². The van der Waals surface area contributed by atoms with E-state index in [2.05, 4.69) is 21.2 Å². The van der Waals surface area contributed by atoms with E-state index in [4.69, 9.17) is 4.74 Å². The Balaban J connectivity index is 2.18. The molecule has 2 rings (SSSR count). The Kier molecular flexibility index (Phi) is 5.52. The summed E-state index contributed by atoms with van der Waals surface area (Å²) in [6.45, 7) is 0. The fraction of sp³-hybridized carbons (Fsp3) is 0.462. The number of hydrogen-bond acceptors (Lipinski definition) is 5. The molecule has 0 spiro atoms. The molecule has 1 fully saturated rings. The summed E-state index contributed by atoms with van der Waals surface area (Å²) >= 11 is 4.57. The first-order valence-electron chi connectivity index (χ1n) is 6.47. The lowest BCUT2D eigenvalue weighted by molar-refractivity contribution is -0.150. The molecule has 2 aliphatic heterocycles. The number of thioether (sulfide) groups is 1. The maximum Gasteiger partial charge on any atom is 0.352 e. The van der Waals surface area contributed by atoms with Gasteiger partial charge < -0.3 is 15.2 Å². The van der Waals surface area contributed by atoms with Gasteiger partial charge in [0.1, 0.15) is 17.1 Å². The molecule has 9 heteroatoms. The van der Waals surface area contributed by atoms with Crippen molar-refractivity contribution in [1.29, 1.82) is 0 Å². The maximum absolute atomic E-state index is 12.2. The molecule has 1 saturated heterocycles. The van der Waals surface area contributed by atoms with Crippen molar-refractivity contribution < 1.29 is 24.2 Å². The highest BCUT2D eigenvalue weighted by Gasteiger charge is 2.53. The zero-order valence-electron chi connectivity index (χ0n) is 11.7. The van der Waals surface area contributed by atoms with Crippen molar-refractivity contribution >= 4 is 45.5 Å². The van der Waals surface area contributed by atoms with E-state index in [9.17, 15) is 19.5 Å². The largest absolute Gasteiger partial charge is 0.504 e. The maximum atomic E-state index is 12.2. The summed E-state index contributed by atoms with van der Waals surface area (Å²) in [5.74, 6) is -1.37. The van der Waals surface area contributed by atoms with Crippen LogP contribution in [0.15, 0.2) is 23.6 Å². The highest BCUT2D eigenvalue weighted by Crippen LogP contribution is 2.40. The van der Waals surface area contributed by atoms with E-state index in [1.807, 2.05) is 0 Å². The Hall–Kier alpha value is -1.48. The first kappa shape index (κ1) is 16.9. The second kappa shape index (κ2) is 7.19. The lowest BCUT2D eigenvalue weighted by Crippen LogP contribution is -2.70. The number of methoxy groups -OCH3 is 1. The van der Waals surface area contributed by atoms with E-state index in [-0.39, 0.29) is 23.4 Å². The van der Waals surface area contributed by atoms with Crippen molar-refractivity contribution in [3.8, 4) is 0 Å². The van der Waals surface area contributed by atoms with E-state index < -0.39 is 17.9 Å². The molecule has 0 saturated carbocycles. The standard InChI is InChI=1S/C13H15BrN2O5S/c1-21-5-3-7-6-22-12-9(15-8(17)2-4-14)11(18)16(12)10(7)13(19)20/h3,5,9,12H,2,4,6H2,1H3,(H,15,17)(H,19,20)/t9?,12-/m0/s1. The number of aliphatic carboxylic acids is 1. The first-order chi connectivity index (χ1) is 10.5. The van der Waals surface area contributed by atoms with Gasteiger partial charge in [-0.15, -0.1) is 11.8 Å². The van der Waals surface area contributed by atoms with E-state index in [0.717, 1.165) is 0 Å². The molecular formula is C13H15BrN2O5S. The van der Waals surface area contributed by atoms with Gasteiger partial charge in [-0.25, -0.2) is 4.79 Å². The van der Waals surface area contributed by atoms with Crippen molar-refractivity contribution in [2.45, 2.75) is 17.8 Å². The number of carbonyl (C=O) groups is 3. The van der Waals surface area contributed by atoms with E-state index in [1.54, 1.807) is 0 Å². The SMILES string of the molecule is COC=CC1=C(C(=O)O)N2C(=O)C(NC(=O)CCBr)[C@@H]2SC1. The van der Waals surface area contributed by atoms with E-state index in [1.165, 1.54) is 36.1 Å². The predicted molar refractivity (Wildman–Crippen MR) is 84.2 cm³/mol. The number of fused-ring (bicyclic) bond motifs is 1. The molecule has 0 aliphatic carbocycles. The van der Waals surface area contributed by atoms with Gasteiger partial charge in [0.2, 0.25) is 5.91 Å². The van der Waals surface area contributed by atoms with Crippen molar-refractivity contribution in [1.82, 2.24) is 10.2 Å². The van der Waals surface area contributed by atoms with Gasteiger partial charge >= 0.3 is 5.97 Å². The van der Waals surface area contributed by atoms with Crippen LogP contribution in [-0.4, -0.2) is 57.4 Å². The molecule has 2 atom stereocenters. The third kappa shape index (κ3) is 3.14. The second-order valence-corrected chi connectivity index (χ2v) is 6.51. The molecule has 0 bridgehead atoms. The summed E-state index contributed by atoms with van der Waals surface area (Å²) in [5, 5.41) is 12.1. The van der Waals surface area contributed by atoms with E-state index >= 15 is 0 Å². The van der Waals surface area contributed by atoms with Crippen molar-refractivity contribution in [3.05, 3.63) is 23.6 Å². The summed E-state index contributed by atoms with van der Waals surface area (Å²) in [6.07, 6.45) is 3.18. The molecule has 0 radical (unpaired) electrons. The van der Waals surface area contributed by atoms with Gasteiger partial charge in [-0.2, -0.15) is 0 Å². The molecule has 2 N–H and O–H groups in total. The van der Waals surface area contributed by atoms with Gasteiger partial charge in [0, 0.05) is 17.5 Å². The molecule has 2 amide bonds. The Morgan fingerprint density at radius 3 is 2.91 bits per heavy atom. The number of carboxylic acids is 1. The van der Waals surface area contributed by atoms with Gasteiger partial charge in [-0.3, -0.25) is 14.5 Å². The summed E-state index contributed by atoms with van der Waals surface area (Å²) in [4.78, 5) is 36.5. The number of nitrogens with one attached hydrogen (secondary N) is 1. The molecule has 2 heterocycles. The van der Waals surface area contributed by atoms with Gasteiger partial charge in [0.05, 0.1) is 13.4 Å². The first-order valence-corrected chi connectivity index (χ1v) is 8.64. The van der Waals surface area contributed by atoms with Crippen molar-refractivity contribution in [2.24, 2.45) is 0 Å². The molecule has 2 aliphatic rings. The number of carbonyl (C=O) groups excluding carboxylic acids is 2. The Labute approximate surface area is 139 Å². The molecule has 0 aromatic carbocycles. The van der Waals surface area contributed by atoms with Crippen LogP contribution in [0.2, 0.25) is 0 Å². The highest BCUT2D eigenvalue weighted by atomic mass is 79.9. The van der Waals surface area contributed by atoms with Gasteiger partial charge in [-0.05, 0) is 11.6 Å². The van der Waals surface area contributed by atoms with Crippen LogP contribution in [0.25, 0.3) is 0 Å². The van der Waals surface area contributed by atoms with Crippen molar-refractivity contribution in [3.63, 3.8) is 0 Å². The number of nitrogens with zero attached hydrogens (tertiary/aromatic N) is 1. The van der Waals surface area contributed by atoms with Crippen LogP contribution in [0, 0.1) is 0 Å². The summed E-state index contributed by atoms with van der Waals surface area (Å²) < 4.78 is 4.80. The van der Waals surface area contributed by atoms with Crippen LogP contribution in [0.5, 0.6) is 0 Å². The molecule has 0 aromatic heterocycles. The number of hydrogen-bond donors (Lipinski definition) is 2. The second-order valence-electron chi connectivity index (χ2n) is 4.61. The zero-order chi connectivity index (χ0) is 16.3. The number of ether oxygens (including phenoxy) is 1. The third-order valence-corrected chi connectivity index (χ3v) is 4.94. The molecule has 7 nitrogen and oxygen atoms in total. The number of carboxylic acid groups (broad SMARTS) is 1. The van der Waals surface area contributed by atoms with Gasteiger partial charge in [-0.1, -0.05) is 15.9 Å². The van der Waals surface area contributed by atoms with Crippen LogP contribution in [0.3, 0.4) is 0 Å². The number of alkyl halides is 1. The number of β-lactam (4-membered cyclic amide) rings is 1. The monoisotopic (exact) mass is 390 g/mol. The molecular weight excluding hydrogens is 376 g/mol. The van der Waals surface area contributed by atoms with Crippen LogP contribution in [0.4, 0.5) is 0 Å². The Morgan fingerprint density at radius 2 is 2.32 bits per heavy atom. The normalized spacial score (nSPS) is 24.1. The number of amides is 2. The van der Waals surface area contributed by atoms with Crippen LogP contribution in [0.1, 0.15) is 6.42 Å². The predicted octanol–water partition coefficient (Wildman–Crippen LogP) is 0.670. The number of halogens is 1. The number of allylic oxidation sites excluding steroid dienone is 1. The molecule has 1 unspecified atom stereocenters. The Morgan fingerprint density at radius 1 is 1.59 bits per heavy atom. The smallest absolute Gasteiger partial charge is 0.352 e. The van der Waals surface area contributed by atoms with E-state index in [0.29, 0.717) is 16.7 Å². The molecule has 0 aromatic rings. The fourth-order valence-corrected chi connectivity index (χ4v) is 3.93. The summed E-state index contributed by atoms with van der Waals surface area (Å²) in [7, 11) is 1.46. The average Bonchev–Trinajstić information content (AvgIpc) is 2.49. The number of rotatable bonds is 6. The topological polar surface area (TPSA) is 95.9 Å². The minimum absolute atomic E-state index is 0.0481. The van der Waals surface area contributed by atoms with Gasteiger partial charge in [0.25, 0.3) is 5.91 Å². The molecule has 22 heavy (non-hydrogen) atoms. The summed E-state index contributed by atoms with van der Waals surface area (Å²) in [6, 6.07) is -0.668. The fourth-order valence-electron chi connectivity index (χ4n) is 2.25. The molecule has 120 valence electrons. The van der Waals surface area contributed by atoms with Gasteiger partial charge in [0.15, 0.2) is 0 Å². The average molecular weight is 391 g/mol.